The summed E-state index contributed by atoms with van der Waals surface area (Å²) < 4.78 is 9.05. The number of unbranched alkanes of at least 4 members (excludes halogenated alkanes) is 12. The van der Waals surface area contributed by atoms with Gasteiger partial charge in [-0.3, -0.25) is 4.79 Å². The van der Waals surface area contributed by atoms with Gasteiger partial charge in [0, 0.05) is 6.92 Å². The number of hydrogen-bond acceptors (Lipinski definition) is 4. The fourth-order valence-corrected chi connectivity index (χ4v) is 2.65. The number of carbonyl (C=O) groups excluding carboxylic acids is 2. The highest BCUT2D eigenvalue weighted by Crippen LogP contribution is 2.10. The van der Waals surface area contributed by atoms with Gasteiger partial charge in [-0.15, -0.1) is 0 Å². The lowest BCUT2D eigenvalue weighted by Gasteiger charge is -2.03. The van der Waals surface area contributed by atoms with Gasteiger partial charge in [-0.2, -0.15) is 0 Å². The smallest absolute Gasteiger partial charge is 0.434 e. The third kappa shape index (κ3) is 20.6. The second-order valence-corrected chi connectivity index (χ2v) is 6.63. The fraction of sp³-hybridized carbons (Fsp3) is 0.810. The van der Waals surface area contributed by atoms with Gasteiger partial charge in [-0.25, -0.2) is 4.79 Å². The average Bonchev–Trinajstić information content (AvgIpc) is 2.57. The number of rotatable bonds is 16. The molecule has 0 atom stereocenters. The molecular weight excluding hydrogens is 316 g/mol. The van der Waals surface area contributed by atoms with E-state index in [1.807, 2.05) is 0 Å². The highest BCUT2D eigenvalue weighted by Gasteiger charge is 2.05. The summed E-state index contributed by atoms with van der Waals surface area (Å²) in [5, 5.41) is 0. The lowest BCUT2D eigenvalue weighted by atomic mass is 10.1. The lowest BCUT2D eigenvalue weighted by Crippen LogP contribution is -2.11. The van der Waals surface area contributed by atoms with Crippen LogP contribution in [0.5, 0.6) is 0 Å². The molecule has 0 heterocycles. The zero-order valence-corrected chi connectivity index (χ0v) is 16.4. The van der Waals surface area contributed by atoms with E-state index in [1.165, 1.54) is 77.6 Å². The van der Waals surface area contributed by atoms with Gasteiger partial charge in [0.1, 0.15) is 0 Å². The number of ether oxygens (including phenoxy) is 2. The van der Waals surface area contributed by atoms with Crippen molar-refractivity contribution in [2.24, 2.45) is 0 Å². The first-order valence-electron chi connectivity index (χ1n) is 10.2. The molecule has 0 unspecified atom stereocenters. The van der Waals surface area contributed by atoms with Crippen LogP contribution in [0.25, 0.3) is 0 Å². The van der Waals surface area contributed by atoms with E-state index in [1.54, 1.807) is 0 Å². The summed E-state index contributed by atoms with van der Waals surface area (Å²) >= 11 is 0. The van der Waals surface area contributed by atoms with Crippen molar-refractivity contribution < 1.29 is 19.1 Å². The molecule has 0 aromatic carbocycles. The number of allylic oxidation sites excluding steroid dienone is 2. The molecule has 0 saturated heterocycles. The zero-order chi connectivity index (χ0) is 18.6. The summed E-state index contributed by atoms with van der Waals surface area (Å²) in [6, 6.07) is 0. The van der Waals surface area contributed by atoms with Crippen molar-refractivity contribution in [2.45, 2.75) is 104 Å². The number of carbonyl (C=O) groups is 2. The Balaban J connectivity index is 3.17. The van der Waals surface area contributed by atoms with Crippen LogP contribution >= 0.6 is 0 Å². The van der Waals surface area contributed by atoms with Crippen molar-refractivity contribution in [3.63, 3.8) is 0 Å². The van der Waals surface area contributed by atoms with Crippen LogP contribution in [0.1, 0.15) is 104 Å². The second kappa shape index (κ2) is 19.0. The Morgan fingerprint density at radius 3 is 1.72 bits per heavy atom. The Hall–Kier alpha value is -1.32. The molecule has 146 valence electrons. The van der Waals surface area contributed by atoms with Gasteiger partial charge in [-0.05, 0) is 32.1 Å². The summed E-state index contributed by atoms with van der Waals surface area (Å²) in [5.74, 6) is -0.633. The van der Waals surface area contributed by atoms with Crippen molar-refractivity contribution in [1.29, 1.82) is 0 Å². The van der Waals surface area contributed by atoms with Crippen molar-refractivity contribution in [2.75, 3.05) is 6.61 Å². The molecule has 4 heteroatoms. The van der Waals surface area contributed by atoms with Gasteiger partial charge in [0.15, 0.2) is 0 Å². The minimum absolute atomic E-state index is 0.327. The van der Waals surface area contributed by atoms with Gasteiger partial charge in [0.25, 0.3) is 0 Å². The third-order valence-corrected chi connectivity index (χ3v) is 4.10. The number of esters is 1. The minimum atomic E-state index is -0.889. The predicted octanol–water partition coefficient (Wildman–Crippen LogP) is 6.72. The van der Waals surface area contributed by atoms with Crippen LogP contribution in [0.3, 0.4) is 0 Å². The van der Waals surface area contributed by atoms with Crippen molar-refractivity contribution in [1.82, 2.24) is 0 Å². The molecule has 0 rings (SSSR count). The quantitative estimate of drug-likeness (QED) is 0.133. The topological polar surface area (TPSA) is 52.6 Å². The van der Waals surface area contributed by atoms with E-state index in [2.05, 4.69) is 23.8 Å². The van der Waals surface area contributed by atoms with E-state index in [-0.39, 0.29) is 0 Å². The molecular formula is C21H38O4. The van der Waals surface area contributed by atoms with E-state index in [9.17, 15) is 9.59 Å². The number of hydrogen-bond donors (Lipinski definition) is 0. The molecule has 0 N–H and O–H groups in total. The molecule has 4 nitrogen and oxygen atoms in total. The zero-order valence-electron chi connectivity index (χ0n) is 16.4. The van der Waals surface area contributed by atoms with Crippen LogP contribution in [0.4, 0.5) is 4.79 Å². The highest BCUT2D eigenvalue weighted by atomic mass is 16.7. The lowest BCUT2D eigenvalue weighted by molar-refractivity contribution is -0.137. The van der Waals surface area contributed by atoms with E-state index < -0.39 is 12.1 Å². The molecule has 0 aromatic rings. The molecule has 0 radical (unpaired) electrons. The summed E-state index contributed by atoms with van der Waals surface area (Å²) in [6.45, 7) is 3.77. The Bertz CT molecular complexity index is 350. The molecule has 0 aliphatic carbocycles. The second-order valence-electron chi connectivity index (χ2n) is 6.63. The Morgan fingerprint density at radius 1 is 0.720 bits per heavy atom. The Labute approximate surface area is 154 Å². The summed E-state index contributed by atoms with van der Waals surface area (Å²) in [7, 11) is 0. The summed E-state index contributed by atoms with van der Waals surface area (Å²) in [5.41, 5.74) is 0. The minimum Gasteiger partial charge on any atom is -0.434 e. The summed E-state index contributed by atoms with van der Waals surface area (Å²) in [6.07, 6.45) is 21.2. The van der Waals surface area contributed by atoms with Crippen molar-refractivity contribution >= 4 is 12.1 Å². The van der Waals surface area contributed by atoms with Gasteiger partial charge in [0.05, 0.1) is 6.61 Å². The first-order chi connectivity index (χ1) is 12.2. The van der Waals surface area contributed by atoms with Gasteiger partial charge >= 0.3 is 12.1 Å². The van der Waals surface area contributed by atoms with Gasteiger partial charge < -0.3 is 9.47 Å². The first-order valence-corrected chi connectivity index (χ1v) is 10.2. The molecule has 0 amide bonds. The van der Waals surface area contributed by atoms with Crippen LogP contribution in [0.2, 0.25) is 0 Å². The highest BCUT2D eigenvalue weighted by molar-refractivity contribution is 5.79. The Kier molecular flexibility index (Phi) is 18.0. The normalized spacial score (nSPS) is 11.0. The fourth-order valence-electron chi connectivity index (χ4n) is 2.65. The van der Waals surface area contributed by atoms with Gasteiger partial charge in [0.2, 0.25) is 0 Å². The first kappa shape index (κ1) is 23.7. The van der Waals surface area contributed by atoms with E-state index >= 15 is 0 Å². The van der Waals surface area contributed by atoms with E-state index in [0.29, 0.717) is 6.61 Å². The molecule has 25 heavy (non-hydrogen) atoms. The van der Waals surface area contributed by atoms with Crippen LogP contribution in [-0.2, 0) is 14.3 Å². The summed E-state index contributed by atoms with van der Waals surface area (Å²) in [4.78, 5) is 21.5. The maximum Gasteiger partial charge on any atom is 0.516 e. The molecule has 0 spiro atoms. The molecule has 0 fully saturated rings. The standard InChI is InChI=1S/C21H38O4/c1-3-4-5-6-7-8-9-10-11-12-13-14-15-16-17-18-19-24-21(23)25-20(2)22/h10-11H,3-9,12-19H2,1-2H3/b11-10-. The monoisotopic (exact) mass is 354 g/mol. The average molecular weight is 355 g/mol. The van der Waals surface area contributed by atoms with Gasteiger partial charge in [-0.1, -0.05) is 76.9 Å². The van der Waals surface area contributed by atoms with Crippen LogP contribution in [-0.4, -0.2) is 18.7 Å². The molecule has 0 aromatic heterocycles. The molecule has 0 aliphatic rings. The molecule has 0 aliphatic heterocycles. The van der Waals surface area contributed by atoms with Crippen molar-refractivity contribution in [3.8, 4) is 0 Å². The maximum atomic E-state index is 10.9. The molecule has 0 saturated carbocycles. The largest absolute Gasteiger partial charge is 0.516 e. The third-order valence-electron chi connectivity index (χ3n) is 4.10. The Morgan fingerprint density at radius 2 is 1.20 bits per heavy atom. The van der Waals surface area contributed by atoms with Crippen LogP contribution in [0.15, 0.2) is 12.2 Å². The predicted molar refractivity (Wildman–Crippen MR) is 103 cm³/mol. The molecule has 0 bridgehead atoms. The van der Waals surface area contributed by atoms with E-state index in [4.69, 9.17) is 4.74 Å². The van der Waals surface area contributed by atoms with Crippen LogP contribution in [0, 0.1) is 0 Å². The van der Waals surface area contributed by atoms with Crippen molar-refractivity contribution in [3.05, 3.63) is 12.2 Å². The maximum absolute atomic E-state index is 10.9. The SMILES string of the molecule is CCCCCCCC/C=C\CCCCCCCCOC(=O)OC(C)=O. The van der Waals surface area contributed by atoms with Crippen LogP contribution < -0.4 is 0 Å². The van der Waals surface area contributed by atoms with E-state index in [0.717, 1.165) is 19.3 Å².